The normalized spacial score (nSPS) is 12.1. The van der Waals surface area contributed by atoms with Crippen LogP contribution in [0.3, 0.4) is 0 Å². The summed E-state index contributed by atoms with van der Waals surface area (Å²) in [5.41, 5.74) is 2.31. The van der Waals surface area contributed by atoms with Crippen LogP contribution >= 0.6 is 31.9 Å². The molecule has 1 heterocycles. The van der Waals surface area contributed by atoms with Crippen LogP contribution in [0.5, 0.6) is 0 Å². The van der Waals surface area contributed by atoms with E-state index in [-0.39, 0.29) is 5.41 Å². The lowest BCUT2D eigenvalue weighted by Gasteiger charge is -2.20. The maximum Gasteiger partial charge on any atom is 0.129 e. The van der Waals surface area contributed by atoms with Crippen molar-refractivity contribution in [3.05, 3.63) is 32.8 Å². The molecule has 0 unspecified atom stereocenters. The predicted molar refractivity (Wildman–Crippen MR) is 73.6 cm³/mol. The molecule has 1 aromatic carbocycles. The highest BCUT2D eigenvalue weighted by atomic mass is 79.9. The lowest BCUT2D eigenvalue weighted by atomic mass is 9.86. The molecule has 0 fully saturated rings. The molecule has 0 aliphatic carbocycles. The van der Waals surface area contributed by atoms with Gasteiger partial charge < -0.3 is 0 Å². The first-order valence-electron chi connectivity index (χ1n) is 5.01. The Kier molecular flexibility index (Phi) is 3.05. The Bertz CT molecular complexity index is 544. The number of nitrogens with zero attached hydrogens (tertiary/aromatic N) is 2. The summed E-state index contributed by atoms with van der Waals surface area (Å²) in [6.45, 7) is 6.60. The first-order valence-corrected chi connectivity index (χ1v) is 6.59. The average Bonchev–Trinajstić information content (AvgIpc) is 2.15. The summed E-state index contributed by atoms with van der Waals surface area (Å²) < 4.78 is 1.76. The number of halogens is 2. The van der Waals surface area contributed by atoms with Crippen LogP contribution in [0.15, 0.2) is 27.3 Å². The molecule has 2 nitrogen and oxygen atoms in total. The van der Waals surface area contributed by atoms with Gasteiger partial charge in [0.1, 0.15) is 10.1 Å². The van der Waals surface area contributed by atoms with Crippen molar-refractivity contribution >= 4 is 42.8 Å². The zero-order chi connectivity index (χ0) is 11.9. The number of rotatable bonds is 0. The molecule has 16 heavy (non-hydrogen) atoms. The maximum absolute atomic E-state index is 4.16. The summed E-state index contributed by atoms with van der Waals surface area (Å²) in [5.74, 6) is 0. The van der Waals surface area contributed by atoms with Gasteiger partial charge in [-0.1, -0.05) is 20.8 Å². The molecule has 2 aromatic rings. The number of aromatic nitrogens is 2. The Morgan fingerprint density at radius 2 is 1.69 bits per heavy atom. The molecular formula is C12H12Br2N2. The molecule has 84 valence electrons. The topological polar surface area (TPSA) is 25.8 Å². The van der Waals surface area contributed by atoms with Crippen molar-refractivity contribution in [2.45, 2.75) is 26.2 Å². The Morgan fingerprint density at radius 3 is 2.31 bits per heavy atom. The molecule has 0 N–H and O–H groups in total. The first-order chi connectivity index (χ1) is 7.38. The Hall–Kier alpha value is -0.480. The van der Waals surface area contributed by atoms with Gasteiger partial charge in [0, 0.05) is 9.86 Å². The van der Waals surface area contributed by atoms with Gasteiger partial charge in [-0.3, -0.25) is 0 Å². The Morgan fingerprint density at radius 1 is 1.00 bits per heavy atom. The van der Waals surface area contributed by atoms with Crippen LogP contribution in [-0.2, 0) is 5.41 Å². The molecule has 1 aromatic heterocycles. The van der Waals surface area contributed by atoms with E-state index in [1.165, 1.54) is 5.56 Å². The van der Waals surface area contributed by atoms with Crippen LogP contribution in [0.4, 0.5) is 0 Å². The van der Waals surface area contributed by atoms with E-state index in [9.17, 15) is 0 Å². The van der Waals surface area contributed by atoms with Gasteiger partial charge >= 0.3 is 0 Å². The molecule has 0 atom stereocenters. The smallest absolute Gasteiger partial charge is 0.129 e. The predicted octanol–water partition coefficient (Wildman–Crippen LogP) is 4.45. The molecule has 0 aliphatic heterocycles. The van der Waals surface area contributed by atoms with Crippen molar-refractivity contribution in [1.29, 1.82) is 0 Å². The molecular weight excluding hydrogens is 332 g/mol. The van der Waals surface area contributed by atoms with Crippen molar-refractivity contribution in [1.82, 2.24) is 10.2 Å². The zero-order valence-corrected chi connectivity index (χ0v) is 12.6. The van der Waals surface area contributed by atoms with E-state index in [4.69, 9.17) is 0 Å². The first kappa shape index (κ1) is 12.0. The minimum absolute atomic E-state index is 0.131. The third-order valence-electron chi connectivity index (χ3n) is 2.48. The SMILES string of the molecule is CC(C)(C)c1cc(Br)c2nnc(Br)cc2c1. The lowest BCUT2D eigenvalue weighted by Crippen LogP contribution is -2.11. The minimum Gasteiger partial charge on any atom is -0.148 e. The summed E-state index contributed by atoms with van der Waals surface area (Å²) in [5, 5.41) is 9.25. The van der Waals surface area contributed by atoms with Gasteiger partial charge in [-0.25, -0.2) is 0 Å². The summed E-state index contributed by atoms with van der Waals surface area (Å²) in [7, 11) is 0. The second-order valence-corrected chi connectivity index (χ2v) is 6.48. The summed E-state index contributed by atoms with van der Waals surface area (Å²) in [4.78, 5) is 0. The van der Waals surface area contributed by atoms with Crippen molar-refractivity contribution in [2.75, 3.05) is 0 Å². The van der Waals surface area contributed by atoms with E-state index in [1.54, 1.807) is 0 Å². The summed E-state index contributed by atoms with van der Waals surface area (Å²) in [6, 6.07) is 6.27. The monoisotopic (exact) mass is 342 g/mol. The van der Waals surface area contributed by atoms with Gasteiger partial charge in [-0.15, -0.1) is 10.2 Å². The molecule has 0 aliphatic rings. The maximum atomic E-state index is 4.16. The summed E-state index contributed by atoms with van der Waals surface area (Å²) >= 11 is 6.89. The molecule has 2 rings (SSSR count). The largest absolute Gasteiger partial charge is 0.148 e. The zero-order valence-electron chi connectivity index (χ0n) is 9.38. The molecule has 0 saturated heterocycles. The molecule has 0 spiro atoms. The van der Waals surface area contributed by atoms with Crippen LogP contribution in [-0.4, -0.2) is 10.2 Å². The number of benzene rings is 1. The highest BCUT2D eigenvalue weighted by Gasteiger charge is 2.16. The van der Waals surface area contributed by atoms with Crippen molar-refractivity contribution < 1.29 is 0 Å². The van der Waals surface area contributed by atoms with Gasteiger partial charge in [-0.2, -0.15) is 0 Å². The molecule has 4 heteroatoms. The van der Waals surface area contributed by atoms with Crippen molar-refractivity contribution in [3.63, 3.8) is 0 Å². The average molecular weight is 344 g/mol. The fraction of sp³-hybridized carbons (Fsp3) is 0.333. The van der Waals surface area contributed by atoms with Gasteiger partial charge in [0.05, 0.1) is 0 Å². The Labute approximate surface area is 112 Å². The van der Waals surface area contributed by atoms with E-state index >= 15 is 0 Å². The third-order valence-corrected chi connectivity index (χ3v) is 3.47. The second kappa shape index (κ2) is 4.08. The van der Waals surface area contributed by atoms with Crippen LogP contribution in [0.2, 0.25) is 0 Å². The van der Waals surface area contributed by atoms with E-state index in [1.807, 2.05) is 6.07 Å². The number of fused-ring (bicyclic) bond motifs is 1. The molecule has 0 radical (unpaired) electrons. The molecule has 0 bridgehead atoms. The lowest BCUT2D eigenvalue weighted by molar-refractivity contribution is 0.590. The summed E-state index contributed by atoms with van der Waals surface area (Å²) in [6.07, 6.45) is 0. The van der Waals surface area contributed by atoms with Crippen molar-refractivity contribution in [2.24, 2.45) is 0 Å². The fourth-order valence-electron chi connectivity index (χ4n) is 1.52. The number of hydrogen-bond donors (Lipinski definition) is 0. The van der Waals surface area contributed by atoms with Crippen molar-refractivity contribution in [3.8, 4) is 0 Å². The van der Waals surface area contributed by atoms with Crippen LogP contribution in [0.25, 0.3) is 10.9 Å². The highest BCUT2D eigenvalue weighted by molar-refractivity contribution is 9.10. The van der Waals surface area contributed by atoms with Crippen LogP contribution in [0, 0.1) is 0 Å². The standard InChI is InChI=1S/C12H12Br2N2/c1-12(2,3)8-4-7-5-10(14)15-16-11(7)9(13)6-8/h4-6H,1-3H3. The van der Waals surface area contributed by atoms with Crippen LogP contribution < -0.4 is 0 Å². The van der Waals surface area contributed by atoms with E-state index < -0.39 is 0 Å². The van der Waals surface area contributed by atoms with E-state index in [2.05, 4.69) is 75.0 Å². The Balaban J connectivity index is 2.75. The number of hydrogen-bond acceptors (Lipinski definition) is 2. The van der Waals surface area contributed by atoms with Gasteiger partial charge in [0.15, 0.2) is 0 Å². The van der Waals surface area contributed by atoms with E-state index in [0.717, 1.165) is 20.0 Å². The van der Waals surface area contributed by atoms with Gasteiger partial charge in [-0.05, 0) is 61.0 Å². The third kappa shape index (κ3) is 2.28. The van der Waals surface area contributed by atoms with Gasteiger partial charge in [0.25, 0.3) is 0 Å². The van der Waals surface area contributed by atoms with Gasteiger partial charge in [0.2, 0.25) is 0 Å². The van der Waals surface area contributed by atoms with Crippen LogP contribution in [0.1, 0.15) is 26.3 Å². The molecule has 0 saturated carbocycles. The fourth-order valence-corrected chi connectivity index (χ4v) is 2.40. The quantitative estimate of drug-likeness (QED) is 0.706. The highest BCUT2D eigenvalue weighted by Crippen LogP contribution is 2.31. The van der Waals surface area contributed by atoms with E-state index in [0.29, 0.717) is 0 Å². The minimum atomic E-state index is 0.131. The second-order valence-electron chi connectivity index (χ2n) is 4.81. The molecule has 0 amide bonds.